The first-order valence-electron chi connectivity index (χ1n) is 9.47. The Morgan fingerprint density at radius 3 is 2.59 bits per heavy atom. The molecule has 6 heteroatoms. The van der Waals surface area contributed by atoms with Crippen molar-refractivity contribution in [1.82, 2.24) is 10.3 Å². The van der Waals surface area contributed by atoms with Crippen molar-refractivity contribution in [3.8, 4) is 11.1 Å². The minimum Gasteiger partial charge on any atom is -0.387 e. The van der Waals surface area contributed by atoms with E-state index in [-0.39, 0.29) is 11.8 Å². The number of hydrogen-bond donors (Lipinski definition) is 2. The largest absolute Gasteiger partial charge is 0.387 e. The summed E-state index contributed by atoms with van der Waals surface area (Å²) >= 11 is 0. The Balaban J connectivity index is 1.45. The molecule has 146 valence electrons. The Kier molecular flexibility index (Phi) is 5.35. The summed E-state index contributed by atoms with van der Waals surface area (Å²) < 4.78 is 0. The molecular formula is C23H21N3O3. The number of aliphatic hydroxyl groups is 1. The van der Waals surface area contributed by atoms with Gasteiger partial charge in [-0.05, 0) is 59.0 Å². The lowest BCUT2D eigenvalue weighted by Gasteiger charge is -2.16. The second-order valence-corrected chi connectivity index (χ2v) is 6.92. The third-order valence-corrected chi connectivity index (χ3v) is 5.07. The van der Waals surface area contributed by atoms with E-state index in [1.807, 2.05) is 48.5 Å². The van der Waals surface area contributed by atoms with Crippen LogP contribution in [0.5, 0.6) is 0 Å². The van der Waals surface area contributed by atoms with Crippen LogP contribution in [0.4, 0.5) is 5.69 Å². The molecule has 2 amide bonds. The SMILES string of the molecule is O=C(NCc1cccnc1)c1ccc(-c2ccc3c(c2)CCN3C(=O)CO)cc1. The van der Waals surface area contributed by atoms with Crippen LogP contribution in [-0.4, -0.2) is 35.1 Å². The van der Waals surface area contributed by atoms with Gasteiger partial charge in [0, 0.05) is 36.7 Å². The topological polar surface area (TPSA) is 82.5 Å². The van der Waals surface area contributed by atoms with Crippen LogP contribution in [0.1, 0.15) is 21.5 Å². The first-order valence-corrected chi connectivity index (χ1v) is 9.47. The van der Waals surface area contributed by atoms with Crippen molar-refractivity contribution in [3.05, 3.63) is 83.7 Å². The number of nitrogens with zero attached hydrogens (tertiary/aromatic N) is 2. The molecule has 0 bridgehead atoms. The fraction of sp³-hybridized carbons (Fsp3) is 0.174. The van der Waals surface area contributed by atoms with Crippen molar-refractivity contribution in [2.75, 3.05) is 18.1 Å². The molecule has 4 rings (SSSR count). The fourth-order valence-electron chi connectivity index (χ4n) is 3.53. The summed E-state index contributed by atoms with van der Waals surface area (Å²) in [6.07, 6.45) is 4.20. The van der Waals surface area contributed by atoms with E-state index in [2.05, 4.69) is 16.4 Å². The van der Waals surface area contributed by atoms with Crippen LogP contribution in [-0.2, 0) is 17.8 Å². The lowest BCUT2D eigenvalue weighted by Crippen LogP contribution is -2.31. The first-order chi connectivity index (χ1) is 14.2. The van der Waals surface area contributed by atoms with Gasteiger partial charge in [-0.3, -0.25) is 14.6 Å². The van der Waals surface area contributed by atoms with E-state index in [9.17, 15) is 9.59 Å². The molecule has 0 aliphatic carbocycles. The molecule has 3 aromatic rings. The standard InChI is InChI=1S/C23H21N3O3/c27-15-22(28)26-11-9-20-12-19(7-8-21(20)26)17-3-5-18(6-4-17)23(29)25-14-16-2-1-10-24-13-16/h1-8,10,12-13,27H,9,11,14-15H2,(H,25,29). The van der Waals surface area contributed by atoms with Crippen molar-refractivity contribution in [1.29, 1.82) is 0 Å². The summed E-state index contributed by atoms with van der Waals surface area (Å²) in [7, 11) is 0. The predicted octanol–water partition coefficient (Wildman–Crippen LogP) is 2.56. The van der Waals surface area contributed by atoms with Gasteiger partial charge in [0.05, 0.1) is 0 Å². The highest BCUT2D eigenvalue weighted by molar-refractivity contribution is 5.97. The second kappa shape index (κ2) is 8.24. The van der Waals surface area contributed by atoms with Crippen molar-refractivity contribution in [2.45, 2.75) is 13.0 Å². The van der Waals surface area contributed by atoms with Crippen molar-refractivity contribution in [2.24, 2.45) is 0 Å². The quantitative estimate of drug-likeness (QED) is 0.705. The van der Waals surface area contributed by atoms with Gasteiger partial charge in [-0.1, -0.05) is 24.3 Å². The molecule has 0 fully saturated rings. The number of nitrogens with one attached hydrogen (secondary N) is 1. The molecule has 2 N–H and O–H groups in total. The number of aliphatic hydroxyl groups excluding tert-OH is 1. The molecule has 29 heavy (non-hydrogen) atoms. The number of aromatic nitrogens is 1. The molecular weight excluding hydrogens is 366 g/mol. The molecule has 0 saturated heterocycles. The van der Waals surface area contributed by atoms with E-state index in [1.165, 1.54) is 0 Å². The normalized spacial score (nSPS) is 12.5. The smallest absolute Gasteiger partial charge is 0.252 e. The molecule has 1 aliphatic rings. The third-order valence-electron chi connectivity index (χ3n) is 5.07. The molecule has 1 aliphatic heterocycles. The monoisotopic (exact) mass is 387 g/mol. The second-order valence-electron chi connectivity index (χ2n) is 6.92. The Morgan fingerprint density at radius 2 is 1.86 bits per heavy atom. The van der Waals surface area contributed by atoms with E-state index in [4.69, 9.17) is 5.11 Å². The number of carbonyl (C=O) groups is 2. The summed E-state index contributed by atoms with van der Waals surface area (Å²) in [5.74, 6) is -0.411. The zero-order valence-corrected chi connectivity index (χ0v) is 15.8. The van der Waals surface area contributed by atoms with E-state index < -0.39 is 6.61 Å². The maximum atomic E-state index is 12.4. The lowest BCUT2D eigenvalue weighted by atomic mass is 10.0. The number of benzene rings is 2. The Morgan fingerprint density at radius 1 is 1.07 bits per heavy atom. The molecule has 0 radical (unpaired) electrons. The van der Waals surface area contributed by atoms with Crippen LogP contribution in [0.2, 0.25) is 0 Å². The number of amides is 2. The van der Waals surface area contributed by atoms with Gasteiger partial charge in [0.25, 0.3) is 11.8 Å². The number of carbonyl (C=O) groups excluding carboxylic acids is 2. The first kappa shape index (κ1) is 18.8. The molecule has 0 atom stereocenters. The maximum Gasteiger partial charge on any atom is 0.252 e. The molecule has 0 spiro atoms. The predicted molar refractivity (Wildman–Crippen MR) is 110 cm³/mol. The summed E-state index contributed by atoms with van der Waals surface area (Å²) in [5.41, 5.74) is 5.53. The van der Waals surface area contributed by atoms with Gasteiger partial charge in [0.15, 0.2) is 0 Å². The highest BCUT2D eigenvalue weighted by atomic mass is 16.3. The van der Waals surface area contributed by atoms with Gasteiger partial charge in [-0.15, -0.1) is 0 Å². The fourth-order valence-corrected chi connectivity index (χ4v) is 3.53. The molecule has 2 heterocycles. The highest BCUT2D eigenvalue weighted by Gasteiger charge is 2.24. The summed E-state index contributed by atoms with van der Waals surface area (Å²) in [5, 5.41) is 12.0. The van der Waals surface area contributed by atoms with Gasteiger partial charge in [0.2, 0.25) is 0 Å². The minimum atomic E-state index is -0.481. The van der Waals surface area contributed by atoms with E-state index >= 15 is 0 Å². The molecule has 2 aromatic carbocycles. The lowest BCUT2D eigenvalue weighted by molar-refractivity contribution is -0.121. The Bertz CT molecular complexity index is 1030. The minimum absolute atomic E-state index is 0.132. The average Bonchev–Trinajstić information content (AvgIpc) is 3.21. The van der Waals surface area contributed by atoms with Crippen molar-refractivity contribution >= 4 is 17.5 Å². The van der Waals surface area contributed by atoms with Crippen LogP contribution < -0.4 is 10.2 Å². The zero-order chi connectivity index (χ0) is 20.2. The summed E-state index contributed by atoms with van der Waals surface area (Å²) in [4.78, 5) is 29.8. The molecule has 6 nitrogen and oxygen atoms in total. The Labute approximate surface area is 168 Å². The van der Waals surface area contributed by atoms with E-state index in [0.717, 1.165) is 34.4 Å². The van der Waals surface area contributed by atoms with Gasteiger partial charge < -0.3 is 15.3 Å². The van der Waals surface area contributed by atoms with Gasteiger partial charge in [-0.2, -0.15) is 0 Å². The van der Waals surface area contributed by atoms with Crippen LogP contribution in [0.15, 0.2) is 67.0 Å². The van der Waals surface area contributed by atoms with Crippen LogP contribution in [0.3, 0.4) is 0 Å². The van der Waals surface area contributed by atoms with Gasteiger partial charge in [-0.25, -0.2) is 0 Å². The molecule has 0 unspecified atom stereocenters. The Hall–Kier alpha value is -3.51. The van der Waals surface area contributed by atoms with Crippen LogP contribution >= 0.6 is 0 Å². The zero-order valence-electron chi connectivity index (χ0n) is 15.8. The van der Waals surface area contributed by atoms with Crippen LogP contribution in [0.25, 0.3) is 11.1 Å². The highest BCUT2D eigenvalue weighted by Crippen LogP contribution is 2.32. The van der Waals surface area contributed by atoms with Gasteiger partial charge in [0.1, 0.15) is 6.61 Å². The van der Waals surface area contributed by atoms with Crippen molar-refractivity contribution < 1.29 is 14.7 Å². The number of hydrogen-bond acceptors (Lipinski definition) is 4. The van der Waals surface area contributed by atoms with E-state index in [0.29, 0.717) is 18.7 Å². The van der Waals surface area contributed by atoms with Gasteiger partial charge >= 0.3 is 0 Å². The number of rotatable bonds is 5. The maximum absolute atomic E-state index is 12.4. The van der Waals surface area contributed by atoms with E-state index in [1.54, 1.807) is 17.3 Å². The number of pyridine rings is 1. The summed E-state index contributed by atoms with van der Waals surface area (Å²) in [6.45, 7) is 0.544. The average molecular weight is 387 g/mol. The molecule has 0 saturated carbocycles. The van der Waals surface area contributed by atoms with Crippen LogP contribution in [0, 0.1) is 0 Å². The number of fused-ring (bicyclic) bond motifs is 1. The molecule has 1 aromatic heterocycles. The summed E-state index contributed by atoms with van der Waals surface area (Å²) in [6, 6.07) is 17.2. The third kappa shape index (κ3) is 4.02. The van der Waals surface area contributed by atoms with Crippen molar-refractivity contribution in [3.63, 3.8) is 0 Å². The number of anilines is 1.